The Labute approximate surface area is 140 Å². The molecule has 2 aromatic heterocycles. The Kier molecular flexibility index (Phi) is 4.46. The largest absolute Gasteiger partial charge is 0.419 e. The van der Waals surface area contributed by atoms with Crippen molar-refractivity contribution in [2.75, 3.05) is 5.32 Å². The first kappa shape index (κ1) is 16.0. The lowest BCUT2D eigenvalue weighted by Crippen LogP contribution is -2.19. The van der Waals surface area contributed by atoms with E-state index >= 15 is 0 Å². The van der Waals surface area contributed by atoms with Crippen LogP contribution in [0.1, 0.15) is 23.9 Å². The maximum Gasteiger partial charge on any atom is 0.264 e. The molecule has 6 heteroatoms. The maximum absolute atomic E-state index is 12.4. The van der Waals surface area contributed by atoms with Gasteiger partial charge in [0.25, 0.3) is 5.89 Å². The zero-order valence-corrected chi connectivity index (χ0v) is 14.0. The van der Waals surface area contributed by atoms with Gasteiger partial charge in [-0.3, -0.25) is 4.79 Å². The maximum atomic E-state index is 12.4. The monoisotopic (exact) mass is 324 g/mol. The SMILES string of the molecule is CCc1nnc(-c2cccn2CC(=O)Nc2cccc(C)c2C)o1. The average molecular weight is 324 g/mol. The van der Waals surface area contributed by atoms with Crippen LogP contribution < -0.4 is 5.32 Å². The minimum absolute atomic E-state index is 0.101. The van der Waals surface area contributed by atoms with Gasteiger partial charge in [-0.25, -0.2) is 0 Å². The molecular weight excluding hydrogens is 304 g/mol. The predicted octanol–water partition coefficient (Wildman–Crippen LogP) is 3.36. The Morgan fingerprint density at radius 1 is 1.21 bits per heavy atom. The third-order valence-corrected chi connectivity index (χ3v) is 4.01. The number of aryl methyl sites for hydroxylation is 2. The van der Waals surface area contributed by atoms with Gasteiger partial charge >= 0.3 is 0 Å². The first-order valence-electron chi connectivity index (χ1n) is 7.92. The molecule has 0 saturated heterocycles. The summed E-state index contributed by atoms with van der Waals surface area (Å²) < 4.78 is 7.38. The van der Waals surface area contributed by atoms with E-state index in [1.807, 2.05) is 57.3 Å². The van der Waals surface area contributed by atoms with E-state index in [0.29, 0.717) is 18.2 Å². The molecule has 0 aliphatic heterocycles. The van der Waals surface area contributed by atoms with Gasteiger partial charge < -0.3 is 14.3 Å². The molecule has 1 amide bonds. The van der Waals surface area contributed by atoms with E-state index in [-0.39, 0.29) is 12.5 Å². The van der Waals surface area contributed by atoms with Crippen molar-refractivity contribution in [1.82, 2.24) is 14.8 Å². The average Bonchev–Trinajstić information content (AvgIpc) is 3.20. The predicted molar refractivity (Wildman–Crippen MR) is 91.6 cm³/mol. The van der Waals surface area contributed by atoms with E-state index in [2.05, 4.69) is 15.5 Å². The number of anilines is 1. The molecule has 6 nitrogen and oxygen atoms in total. The van der Waals surface area contributed by atoms with E-state index in [1.54, 1.807) is 4.57 Å². The Bertz CT molecular complexity index is 864. The quantitative estimate of drug-likeness (QED) is 0.781. The van der Waals surface area contributed by atoms with Crippen molar-refractivity contribution in [3.05, 3.63) is 53.5 Å². The minimum Gasteiger partial charge on any atom is -0.419 e. The topological polar surface area (TPSA) is 73.0 Å². The second-order valence-electron chi connectivity index (χ2n) is 5.67. The van der Waals surface area contributed by atoms with Gasteiger partial charge in [0.1, 0.15) is 12.2 Å². The molecule has 1 N–H and O–H groups in total. The van der Waals surface area contributed by atoms with Crippen molar-refractivity contribution in [3.8, 4) is 11.6 Å². The molecule has 0 saturated carbocycles. The number of nitrogens with one attached hydrogen (secondary N) is 1. The fraction of sp³-hybridized carbons (Fsp3) is 0.278. The summed E-state index contributed by atoms with van der Waals surface area (Å²) >= 11 is 0. The highest BCUT2D eigenvalue weighted by molar-refractivity contribution is 5.91. The van der Waals surface area contributed by atoms with Crippen LogP contribution in [0.25, 0.3) is 11.6 Å². The van der Waals surface area contributed by atoms with Gasteiger partial charge in [0.2, 0.25) is 11.8 Å². The number of nitrogens with zero attached hydrogens (tertiary/aromatic N) is 3. The highest BCUT2D eigenvalue weighted by Crippen LogP contribution is 2.20. The zero-order chi connectivity index (χ0) is 17.1. The Morgan fingerprint density at radius 2 is 2.04 bits per heavy atom. The molecule has 3 aromatic rings. The van der Waals surface area contributed by atoms with Gasteiger partial charge in [-0.15, -0.1) is 10.2 Å². The molecule has 0 radical (unpaired) electrons. The second-order valence-corrected chi connectivity index (χ2v) is 5.67. The highest BCUT2D eigenvalue weighted by atomic mass is 16.4. The van der Waals surface area contributed by atoms with Gasteiger partial charge in [-0.1, -0.05) is 19.1 Å². The van der Waals surface area contributed by atoms with Crippen molar-refractivity contribution in [2.45, 2.75) is 33.7 Å². The van der Waals surface area contributed by atoms with Crippen LogP contribution in [-0.2, 0) is 17.8 Å². The third kappa shape index (κ3) is 3.22. The van der Waals surface area contributed by atoms with Crippen LogP contribution in [0.4, 0.5) is 5.69 Å². The minimum atomic E-state index is -0.101. The Morgan fingerprint density at radius 3 is 2.79 bits per heavy atom. The van der Waals surface area contributed by atoms with Crippen LogP contribution in [0.3, 0.4) is 0 Å². The lowest BCUT2D eigenvalue weighted by atomic mass is 10.1. The van der Waals surface area contributed by atoms with Crippen LogP contribution in [0, 0.1) is 13.8 Å². The van der Waals surface area contributed by atoms with Gasteiger partial charge in [0.05, 0.1) is 0 Å². The van der Waals surface area contributed by atoms with Crippen LogP contribution in [0.2, 0.25) is 0 Å². The summed E-state index contributed by atoms with van der Waals surface area (Å²) in [5, 5.41) is 11.0. The molecule has 3 rings (SSSR count). The molecule has 0 atom stereocenters. The highest BCUT2D eigenvalue weighted by Gasteiger charge is 2.14. The number of aromatic nitrogens is 3. The van der Waals surface area contributed by atoms with E-state index < -0.39 is 0 Å². The molecule has 0 unspecified atom stereocenters. The van der Waals surface area contributed by atoms with Gasteiger partial charge in [0.15, 0.2) is 0 Å². The standard InChI is InChI=1S/C18H20N4O2/c1-4-17-20-21-18(24-17)15-9-6-10-22(15)11-16(23)19-14-8-5-7-12(2)13(14)3/h5-10H,4,11H2,1-3H3,(H,19,23). The molecule has 0 spiro atoms. The summed E-state index contributed by atoms with van der Waals surface area (Å²) in [6.07, 6.45) is 2.51. The van der Waals surface area contributed by atoms with Crippen LogP contribution in [0.15, 0.2) is 40.9 Å². The summed E-state index contributed by atoms with van der Waals surface area (Å²) in [4.78, 5) is 12.4. The molecule has 0 aliphatic rings. The molecule has 0 aliphatic carbocycles. The molecule has 0 bridgehead atoms. The number of amides is 1. The van der Waals surface area contributed by atoms with Gasteiger partial charge in [-0.2, -0.15) is 0 Å². The number of benzene rings is 1. The summed E-state index contributed by atoms with van der Waals surface area (Å²) in [7, 11) is 0. The van der Waals surface area contributed by atoms with Crippen molar-refractivity contribution < 1.29 is 9.21 Å². The van der Waals surface area contributed by atoms with E-state index in [4.69, 9.17) is 4.42 Å². The van der Waals surface area contributed by atoms with E-state index in [1.165, 1.54) is 0 Å². The lowest BCUT2D eigenvalue weighted by Gasteiger charge is -2.11. The summed E-state index contributed by atoms with van der Waals surface area (Å²) in [6, 6.07) is 9.58. The number of hydrogen-bond acceptors (Lipinski definition) is 4. The van der Waals surface area contributed by atoms with Crippen LogP contribution in [-0.4, -0.2) is 20.7 Å². The molecule has 2 heterocycles. The van der Waals surface area contributed by atoms with Crippen molar-refractivity contribution in [3.63, 3.8) is 0 Å². The Hall–Kier alpha value is -2.89. The molecule has 1 aromatic carbocycles. The summed E-state index contributed by atoms with van der Waals surface area (Å²) in [5.41, 5.74) is 3.79. The van der Waals surface area contributed by atoms with E-state index in [9.17, 15) is 4.79 Å². The molecule has 24 heavy (non-hydrogen) atoms. The smallest absolute Gasteiger partial charge is 0.264 e. The van der Waals surface area contributed by atoms with Crippen LogP contribution >= 0.6 is 0 Å². The second kappa shape index (κ2) is 6.70. The lowest BCUT2D eigenvalue weighted by molar-refractivity contribution is -0.116. The first-order valence-corrected chi connectivity index (χ1v) is 7.92. The van der Waals surface area contributed by atoms with Crippen LogP contribution in [0.5, 0.6) is 0 Å². The molecular formula is C18H20N4O2. The van der Waals surface area contributed by atoms with Gasteiger partial charge in [-0.05, 0) is 43.2 Å². The summed E-state index contributed by atoms with van der Waals surface area (Å²) in [5.74, 6) is 0.908. The number of hydrogen-bond donors (Lipinski definition) is 1. The van der Waals surface area contributed by atoms with Crippen molar-refractivity contribution in [1.29, 1.82) is 0 Å². The fourth-order valence-electron chi connectivity index (χ4n) is 2.48. The number of carbonyl (C=O) groups excluding carboxylic acids is 1. The molecule has 124 valence electrons. The van der Waals surface area contributed by atoms with E-state index in [0.717, 1.165) is 22.5 Å². The molecule has 0 fully saturated rings. The van der Waals surface area contributed by atoms with Gasteiger partial charge in [0, 0.05) is 18.3 Å². The fourth-order valence-corrected chi connectivity index (χ4v) is 2.48. The third-order valence-electron chi connectivity index (χ3n) is 4.01. The number of rotatable bonds is 5. The zero-order valence-electron chi connectivity index (χ0n) is 14.0. The first-order chi connectivity index (χ1) is 11.6. The van der Waals surface area contributed by atoms with Crippen molar-refractivity contribution in [2.24, 2.45) is 0 Å². The Balaban J connectivity index is 1.76. The normalized spacial score (nSPS) is 10.8. The van der Waals surface area contributed by atoms with Crippen molar-refractivity contribution >= 4 is 11.6 Å². The summed E-state index contributed by atoms with van der Waals surface area (Å²) in [6.45, 7) is 6.15. The number of carbonyl (C=O) groups is 1.